The standard InChI is InChI=1S/C17H24N4O.ClH/c1-4-10-17(2,18)16(22)20(3)12-14-11-19-21(13-14)15-8-6-5-7-9-15;/h5-9,11,13H,4,10,12,18H2,1-3H3;1H. The highest BCUT2D eigenvalue weighted by atomic mass is 35.5. The lowest BCUT2D eigenvalue weighted by molar-refractivity contribution is -0.135. The molecule has 1 unspecified atom stereocenters. The van der Waals surface area contributed by atoms with Crippen LogP contribution >= 0.6 is 12.4 Å². The average molecular weight is 337 g/mol. The molecule has 5 nitrogen and oxygen atoms in total. The molecule has 0 aliphatic carbocycles. The van der Waals surface area contributed by atoms with Crippen LogP contribution in [-0.4, -0.2) is 33.2 Å². The Morgan fingerprint density at radius 1 is 1.35 bits per heavy atom. The predicted octanol–water partition coefficient (Wildman–Crippen LogP) is 2.77. The smallest absolute Gasteiger partial charge is 0.242 e. The summed E-state index contributed by atoms with van der Waals surface area (Å²) in [5, 5.41) is 4.34. The van der Waals surface area contributed by atoms with Gasteiger partial charge < -0.3 is 10.6 Å². The van der Waals surface area contributed by atoms with Crippen LogP contribution in [0.2, 0.25) is 0 Å². The van der Waals surface area contributed by atoms with Crippen molar-refractivity contribution in [1.82, 2.24) is 14.7 Å². The number of carbonyl (C=O) groups is 1. The van der Waals surface area contributed by atoms with E-state index in [1.165, 1.54) is 0 Å². The van der Waals surface area contributed by atoms with Gasteiger partial charge in [0.2, 0.25) is 5.91 Å². The molecule has 6 heteroatoms. The summed E-state index contributed by atoms with van der Waals surface area (Å²) in [6.45, 7) is 4.33. The molecule has 0 fully saturated rings. The minimum atomic E-state index is -0.807. The number of amides is 1. The van der Waals surface area contributed by atoms with Gasteiger partial charge in [-0.2, -0.15) is 5.10 Å². The van der Waals surface area contributed by atoms with Gasteiger partial charge in [0.15, 0.2) is 0 Å². The zero-order chi connectivity index (χ0) is 16.2. The molecule has 0 aliphatic heterocycles. The van der Waals surface area contributed by atoms with Gasteiger partial charge in [-0.15, -0.1) is 12.4 Å². The van der Waals surface area contributed by atoms with Gasteiger partial charge in [-0.3, -0.25) is 4.79 Å². The Morgan fingerprint density at radius 2 is 2.00 bits per heavy atom. The zero-order valence-corrected chi connectivity index (χ0v) is 14.7. The summed E-state index contributed by atoms with van der Waals surface area (Å²) in [5.41, 5.74) is 7.28. The third kappa shape index (κ3) is 4.81. The van der Waals surface area contributed by atoms with Crippen molar-refractivity contribution in [2.45, 2.75) is 38.8 Å². The summed E-state index contributed by atoms with van der Waals surface area (Å²) < 4.78 is 1.81. The molecule has 1 aromatic carbocycles. The molecule has 2 N–H and O–H groups in total. The summed E-state index contributed by atoms with van der Waals surface area (Å²) >= 11 is 0. The molecule has 1 heterocycles. The van der Waals surface area contributed by atoms with Crippen LogP contribution < -0.4 is 5.73 Å². The maximum Gasteiger partial charge on any atom is 0.242 e. The molecule has 23 heavy (non-hydrogen) atoms. The third-order valence-electron chi connectivity index (χ3n) is 3.68. The fraction of sp³-hybridized carbons (Fsp3) is 0.412. The van der Waals surface area contributed by atoms with Crippen LogP contribution in [0.25, 0.3) is 5.69 Å². The van der Waals surface area contributed by atoms with E-state index in [1.54, 1.807) is 29.7 Å². The lowest BCUT2D eigenvalue weighted by Crippen LogP contribution is -2.51. The second-order valence-corrected chi connectivity index (χ2v) is 5.96. The van der Waals surface area contributed by atoms with Crippen molar-refractivity contribution in [2.75, 3.05) is 7.05 Å². The van der Waals surface area contributed by atoms with Crippen LogP contribution in [0.15, 0.2) is 42.7 Å². The van der Waals surface area contributed by atoms with E-state index in [4.69, 9.17) is 5.73 Å². The first-order valence-electron chi connectivity index (χ1n) is 7.57. The van der Waals surface area contributed by atoms with E-state index in [-0.39, 0.29) is 18.3 Å². The first-order valence-corrected chi connectivity index (χ1v) is 7.57. The third-order valence-corrected chi connectivity index (χ3v) is 3.68. The highest BCUT2D eigenvalue weighted by molar-refractivity contribution is 5.85. The normalized spacial score (nSPS) is 13.0. The van der Waals surface area contributed by atoms with Gasteiger partial charge in [0.25, 0.3) is 0 Å². The molecule has 1 atom stereocenters. The molecule has 1 amide bonds. The first-order chi connectivity index (χ1) is 10.4. The highest BCUT2D eigenvalue weighted by Gasteiger charge is 2.30. The second-order valence-electron chi connectivity index (χ2n) is 5.96. The average Bonchev–Trinajstić information content (AvgIpc) is 2.95. The van der Waals surface area contributed by atoms with E-state index in [0.717, 1.165) is 17.7 Å². The lowest BCUT2D eigenvalue weighted by Gasteiger charge is -2.28. The van der Waals surface area contributed by atoms with Crippen LogP contribution in [0.4, 0.5) is 0 Å². The van der Waals surface area contributed by atoms with Crippen LogP contribution in [0.1, 0.15) is 32.3 Å². The van der Waals surface area contributed by atoms with Crippen molar-refractivity contribution in [2.24, 2.45) is 5.73 Å². The zero-order valence-electron chi connectivity index (χ0n) is 13.9. The van der Waals surface area contributed by atoms with E-state index in [1.807, 2.05) is 43.5 Å². The van der Waals surface area contributed by atoms with Crippen molar-refractivity contribution in [3.8, 4) is 5.69 Å². The van der Waals surface area contributed by atoms with E-state index in [2.05, 4.69) is 5.10 Å². The maximum absolute atomic E-state index is 12.4. The van der Waals surface area contributed by atoms with Crippen LogP contribution in [0, 0.1) is 0 Å². The SMILES string of the molecule is CCCC(C)(N)C(=O)N(C)Cc1cnn(-c2ccccc2)c1.Cl. The maximum atomic E-state index is 12.4. The van der Waals surface area contributed by atoms with Crippen LogP contribution in [0.5, 0.6) is 0 Å². The lowest BCUT2D eigenvalue weighted by atomic mass is 9.96. The summed E-state index contributed by atoms with van der Waals surface area (Å²) in [6.07, 6.45) is 5.29. The Balaban J connectivity index is 0.00000264. The molecule has 0 radical (unpaired) electrons. The van der Waals surface area contributed by atoms with Crippen molar-refractivity contribution >= 4 is 18.3 Å². The Labute approximate surface area is 143 Å². The quantitative estimate of drug-likeness (QED) is 0.882. The first kappa shape index (κ1) is 19.2. The van der Waals surface area contributed by atoms with Crippen LogP contribution in [-0.2, 0) is 11.3 Å². The van der Waals surface area contributed by atoms with Gasteiger partial charge in [-0.25, -0.2) is 4.68 Å². The second kappa shape index (κ2) is 8.13. The van der Waals surface area contributed by atoms with Gasteiger partial charge in [-0.1, -0.05) is 31.5 Å². The molecule has 0 saturated heterocycles. The minimum absolute atomic E-state index is 0. The number of halogens is 1. The van der Waals surface area contributed by atoms with Crippen molar-refractivity contribution < 1.29 is 4.79 Å². The number of aromatic nitrogens is 2. The molecule has 126 valence electrons. The molecule has 2 rings (SSSR count). The van der Waals surface area contributed by atoms with E-state index in [0.29, 0.717) is 13.0 Å². The summed E-state index contributed by atoms with van der Waals surface area (Å²) in [7, 11) is 1.78. The summed E-state index contributed by atoms with van der Waals surface area (Å²) in [4.78, 5) is 14.1. The fourth-order valence-electron chi connectivity index (χ4n) is 2.57. The summed E-state index contributed by atoms with van der Waals surface area (Å²) in [6, 6.07) is 9.89. The van der Waals surface area contributed by atoms with Gasteiger partial charge in [0.1, 0.15) is 0 Å². The van der Waals surface area contributed by atoms with E-state index < -0.39 is 5.54 Å². The van der Waals surface area contributed by atoms with Gasteiger partial charge in [0, 0.05) is 25.4 Å². The fourth-order valence-corrected chi connectivity index (χ4v) is 2.57. The van der Waals surface area contributed by atoms with Gasteiger partial charge in [0.05, 0.1) is 17.4 Å². The molecule has 0 spiro atoms. The number of para-hydroxylation sites is 1. The molecule has 1 aromatic heterocycles. The topological polar surface area (TPSA) is 64.2 Å². The van der Waals surface area contributed by atoms with Crippen LogP contribution in [0.3, 0.4) is 0 Å². The molecule has 2 aromatic rings. The largest absolute Gasteiger partial charge is 0.340 e. The number of likely N-dealkylation sites (N-methyl/N-ethyl adjacent to an activating group) is 1. The summed E-state index contributed by atoms with van der Waals surface area (Å²) in [5.74, 6) is -0.0400. The van der Waals surface area contributed by atoms with Gasteiger partial charge in [-0.05, 0) is 25.5 Å². The Kier molecular flexibility index (Phi) is 6.79. The predicted molar refractivity (Wildman–Crippen MR) is 94.8 cm³/mol. The number of nitrogens with zero attached hydrogens (tertiary/aromatic N) is 3. The molecular weight excluding hydrogens is 312 g/mol. The number of carbonyl (C=O) groups excluding carboxylic acids is 1. The van der Waals surface area contributed by atoms with Crippen molar-refractivity contribution in [1.29, 1.82) is 0 Å². The van der Waals surface area contributed by atoms with Crippen molar-refractivity contribution in [3.63, 3.8) is 0 Å². The Hall–Kier alpha value is -1.85. The minimum Gasteiger partial charge on any atom is -0.340 e. The molecule has 0 saturated carbocycles. The molecule has 0 bridgehead atoms. The van der Waals surface area contributed by atoms with Gasteiger partial charge >= 0.3 is 0 Å². The van der Waals surface area contributed by atoms with Crippen molar-refractivity contribution in [3.05, 3.63) is 48.3 Å². The van der Waals surface area contributed by atoms with E-state index in [9.17, 15) is 4.79 Å². The molecule has 0 aliphatic rings. The monoisotopic (exact) mass is 336 g/mol. The Bertz CT molecular complexity index is 625. The number of rotatable bonds is 6. The number of hydrogen-bond acceptors (Lipinski definition) is 3. The number of hydrogen-bond donors (Lipinski definition) is 1. The number of nitrogens with two attached hydrogens (primary N) is 1. The van der Waals surface area contributed by atoms with E-state index >= 15 is 0 Å². The number of benzene rings is 1. The molecular formula is C17H25ClN4O. The Morgan fingerprint density at radius 3 is 2.61 bits per heavy atom. The highest BCUT2D eigenvalue weighted by Crippen LogP contribution is 2.15.